The van der Waals surface area contributed by atoms with Gasteiger partial charge in [-0.1, -0.05) is 6.07 Å². The third kappa shape index (κ3) is 2.87. The number of nitrogen functional groups attached to an aromatic ring is 1. The molecule has 3 N–H and O–H groups in total. The van der Waals surface area contributed by atoms with E-state index in [1.165, 1.54) is 16.8 Å². The smallest absolute Gasteiger partial charge is 0.246 e. The van der Waals surface area contributed by atoms with E-state index in [9.17, 15) is 9.18 Å². The van der Waals surface area contributed by atoms with Gasteiger partial charge in [0.15, 0.2) is 0 Å². The Morgan fingerprint density at radius 2 is 2.32 bits per heavy atom. The van der Waals surface area contributed by atoms with Crippen molar-refractivity contribution in [3.8, 4) is 6.07 Å². The molecule has 0 saturated heterocycles. The van der Waals surface area contributed by atoms with Gasteiger partial charge < -0.3 is 11.1 Å². The third-order valence-electron chi connectivity index (χ3n) is 2.37. The number of nitrogens with two attached hydrogens (primary N) is 1. The van der Waals surface area contributed by atoms with E-state index in [-0.39, 0.29) is 17.8 Å². The number of carbonyl (C=O) groups excluding carboxylic acids is 1. The van der Waals surface area contributed by atoms with Gasteiger partial charge in [0.1, 0.15) is 29.8 Å². The lowest BCUT2D eigenvalue weighted by atomic mass is 10.2. The Kier molecular flexibility index (Phi) is 3.43. The summed E-state index contributed by atoms with van der Waals surface area (Å²) in [6, 6.07) is 7.28. The number of nitrogens with zero attached hydrogens (tertiary/aromatic N) is 3. The zero-order valence-corrected chi connectivity index (χ0v) is 9.80. The average Bonchev–Trinajstić information content (AvgIpc) is 2.75. The maximum absolute atomic E-state index is 13.3. The third-order valence-corrected chi connectivity index (χ3v) is 2.37. The van der Waals surface area contributed by atoms with Crippen molar-refractivity contribution in [2.45, 2.75) is 6.54 Å². The maximum Gasteiger partial charge on any atom is 0.246 e. The molecule has 0 unspecified atom stereocenters. The topological polar surface area (TPSA) is 96.7 Å². The second-order valence-electron chi connectivity index (χ2n) is 3.76. The van der Waals surface area contributed by atoms with Gasteiger partial charge in [-0.25, -0.2) is 4.39 Å². The van der Waals surface area contributed by atoms with Crippen molar-refractivity contribution in [3.63, 3.8) is 0 Å². The van der Waals surface area contributed by atoms with Crippen molar-refractivity contribution in [1.82, 2.24) is 9.78 Å². The van der Waals surface area contributed by atoms with Crippen LogP contribution in [0.25, 0.3) is 0 Å². The molecule has 6 nitrogen and oxygen atoms in total. The van der Waals surface area contributed by atoms with E-state index in [2.05, 4.69) is 10.4 Å². The summed E-state index contributed by atoms with van der Waals surface area (Å²) in [6.07, 6.45) is 1.55. The molecule has 1 amide bonds. The van der Waals surface area contributed by atoms with Crippen molar-refractivity contribution in [2.24, 2.45) is 0 Å². The van der Waals surface area contributed by atoms with Crippen LogP contribution in [0, 0.1) is 17.1 Å². The van der Waals surface area contributed by atoms with Gasteiger partial charge in [0, 0.05) is 6.20 Å². The predicted molar refractivity (Wildman–Crippen MR) is 66.4 cm³/mol. The van der Waals surface area contributed by atoms with E-state index < -0.39 is 11.7 Å². The van der Waals surface area contributed by atoms with E-state index >= 15 is 0 Å². The molecule has 0 aliphatic rings. The SMILES string of the molecule is N#Cc1c(F)cccc1NC(=O)Cn1ccc(N)n1. The Bertz CT molecular complexity index is 658. The summed E-state index contributed by atoms with van der Waals surface area (Å²) < 4.78 is 14.7. The standard InChI is InChI=1S/C12H10FN5O/c13-9-2-1-3-10(8(9)6-14)16-12(19)7-18-5-4-11(15)17-18/h1-5H,7H2,(H2,15,17)(H,16,19). The summed E-state index contributed by atoms with van der Waals surface area (Å²) in [4.78, 5) is 11.7. The number of carbonyl (C=O) groups is 1. The van der Waals surface area contributed by atoms with Crippen LogP contribution in [0.4, 0.5) is 15.9 Å². The summed E-state index contributed by atoms with van der Waals surface area (Å²) in [5.74, 6) is -0.801. The second kappa shape index (κ2) is 5.18. The molecule has 1 heterocycles. The number of aromatic nitrogens is 2. The van der Waals surface area contributed by atoms with E-state index in [0.29, 0.717) is 5.82 Å². The lowest BCUT2D eigenvalue weighted by Crippen LogP contribution is -2.20. The minimum Gasteiger partial charge on any atom is -0.382 e. The van der Waals surface area contributed by atoms with Gasteiger partial charge >= 0.3 is 0 Å². The van der Waals surface area contributed by atoms with Gasteiger partial charge in [-0.3, -0.25) is 9.48 Å². The molecule has 0 saturated carbocycles. The number of amides is 1. The van der Waals surface area contributed by atoms with E-state index in [1.807, 2.05) is 0 Å². The van der Waals surface area contributed by atoms with Gasteiger partial charge in [0.2, 0.25) is 5.91 Å². The molecule has 0 spiro atoms. The summed E-state index contributed by atoms with van der Waals surface area (Å²) >= 11 is 0. The Balaban J connectivity index is 2.11. The van der Waals surface area contributed by atoms with Crippen LogP contribution in [0.5, 0.6) is 0 Å². The van der Waals surface area contributed by atoms with Crippen LogP contribution in [-0.2, 0) is 11.3 Å². The van der Waals surface area contributed by atoms with Crippen molar-refractivity contribution in [1.29, 1.82) is 5.26 Å². The first kappa shape index (κ1) is 12.6. The van der Waals surface area contributed by atoms with Crippen LogP contribution in [0.2, 0.25) is 0 Å². The fraction of sp³-hybridized carbons (Fsp3) is 0.0833. The lowest BCUT2D eigenvalue weighted by Gasteiger charge is -2.07. The maximum atomic E-state index is 13.3. The van der Waals surface area contributed by atoms with Crippen molar-refractivity contribution in [2.75, 3.05) is 11.1 Å². The molecule has 0 atom stereocenters. The molecule has 1 aromatic heterocycles. The fourth-order valence-corrected chi connectivity index (χ4v) is 1.54. The van der Waals surface area contributed by atoms with Crippen LogP contribution in [0.3, 0.4) is 0 Å². The Labute approximate surface area is 108 Å². The Morgan fingerprint density at radius 3 is 2.95 bits per heavy atom. The monoisotopic (exact) mass is 259 g/mol. The molecule has 7 heteroatoms. The fourth-order valence-electron chi connectivity index (χ4n) is 1.54. The highest BCUT2D eigenvalue weighted by molar-refractivity contribution is 5.91. The van der Waals surface area contributed by atoms with Crippen molar-refractivity contribution >= 4 is 17.4 Å². The number of nitrogens with one attached hydrogen (secondary N) is 1. The summed E-state index contributed by atoms with van der Waals surface area (Å²) in [5.41, 5.74) is 5.35. The number of hydrogen-bond donors (Lipinski definition) is 2. The first-order valence-electron chi connectivity index (χ1n) is 5.37. The van der Waals surface area contributed by atoms with Gasteiger partial charge in [-0.15, -0.1) is 0 Å². The average molecular weight is 259 g/mol. The van der Waals surface area contributed by atoms with E-state index in [1.54, 1.807) is 18.3 Å². The summed E-state index contributed by atoms with van der Waals surface area (Å²) in [6.45, 7) is -0.0709. The number of benzene rings is 1. The molecule has 1 aromatic carbocycles. The molecule has 2 rings (SSSR count). The van der Waals surface area contributed by atoms with Gasteiger partial charge in [0.05, 0.1) is 5.69 Å². The summed E-state index contributed by atoms with van der Waals surface area (Å²) in [7, 11) is 0. The molecule has 0 fully saturated rings. The molecular weight excluding hydrogens is 249 g/mol. The lowest BCUT2D eigenvalue weighted by molar-refractivity contribution is -0.116. The van der Waals surface area contributed by atoms with E-state index in [4.69, 9.17) is 11.0 Å². The molecule has 0 aliphatic carbocycles. The second-order valence-corrected chi connectivity index (χ2v) is 3.76. The van der Waals surface area contributed by atoms with Crippen molar-refractivity contribution in [3.05, 3.63) is 41.8 Å². The highest BCUT2D eigenvalue weighted by Crippen LogP contribution is 2.17. The minimum absolute atomic E-state index is 0.0709. The van der Waals surface area contributed by atoms with Crippen LogP contribution in [0.15, 0.2) is 30.5 Å². The van der Waals surface area contributed by atoms with Crippen LogP contribution >= 0.6 is 0 Å². The number of halogens is 1. The molecule has 19 heavy (non-hydrogen) atoms. The number of hydrogen-bond acceptors (Lipinski definition) is 4. The largest absolute Gasteiger partial charge is 0.382 e. The first-order chi connectivity index (χ1) is 9.10. The zero-order valence-electron chi connectivity index (χ0n) is 9.80. The summed E-state index contributed by atoms with van der Waals surface area (Å²) in [5, 5.41) is 15.1. The van der Waals surface area contributed by atoms with Crippen LogP contribution in [-0.4, -0.2) is 15.7 Å². The number of rotatable bonds is 3. The first-order valence-corrected chi connectivity index (χ1v) is 5.37. The minimum atomic E-state index is -0.677. The molecule has 0 radical (unpaired) electrons. The molecular formula is C12H10FN5O. The molecule has 0 aliphatic heterocycles. The normalized spacial score (nSPS) is 9.89. The van der Waals surface area contributed by atoms with Gasteiger partial charge in [-0.2, -0.15) is 10.4 Å². The van der Waals surface area contributed by atoms with Gasteiger partial charge in [-0.05, 0) is 18.2 Å². The Hall–Kier alpha value is -2.88. The number of nitriles is 1. The molecule has 0 bridgehead atoms. The van der Waals surface area contributed by atoms with Crippen LogP contribution in [0.1, 0.15) is 5.56 Å². The Morgan fingerprint density at radius 1 is 1.53 bits per heavy atom. The van der Waals surface area contributed by atoms with E-state index in [0.717, 1.165) is 6.07 Å². The highest BCUT2D eigenvalue weighted by atomic mass is 19.1. The molecule has 2 aromatic rings. The zero-order chi connectivity index (χ0) is 13.8. The van der Waals surface area contributed by atoms with Gasteiger partial charge in [0.25, 0.3) is 0 Å². The molecule has 96 valence electrons. The quantitative estimate of drug-likeness (QED) is 0.862. The number of anilines is 2. The van der Waals surface area contributed by atoms with Crippen LogP contribution < -0.4 is 11.1 Å². The van der Waals surface area contributed by atoms with Crippen molar-refractivity contribution < 1.29 is 9.18 Å². The predicted octanol–water partition coefficient (Wildman–Crippen LogP) is 1.11. The highest BCUT2D eigenvalue weighted by Gasteiger charge is 2.11.